The van der Waals surface area contributed by atoms with Crippen LogP contribution in [-0.4, -0.2) is 23.9 Å². The van der Waals surface area contributed by atoms with Crippen LogP contribution in [0.25, 0.3) is 0 Å². The number of hydrogen-bond acceptors (Lipinski definition) is 5. The molecule has 5 nitrogen and oxygen atoms in total. The van der Waals surface area contributed by atoms with E-state index < -0.39 is 6.41 Å². The molecule has 1 atom stereocenters. The van der Waals surface area contributed by atoms with E-state index in [0.717, 1.165) is 0 Å². The highest BCUT2D eigenvalue weighted by Gasteiger charge is 2.28. The van der Waals surface area contributed by atoms with Crippen LogP contribution >= 0.6 is 0 Å². The first kappa shape index (κ1) is 8.45. The van der Waals surface area contributed by atoms with E-state index in [1.165, 1.54) is 0 Å². The summed E-state index contributed by atoms with van der Waals surface area (Å²) in [4.78, 5) is 8.39. The Kier molecular flexibility index (Phi) is 2.12. The van der Waals surface area contributed by atoms with Crippen LogP contribution in [0.5, 0.6) is 0 Å². The third kappa shape index (κ3) is 1.68. The lowest BCUT2D eigenvalue weighted by molar-refractivity contribution is -0.103. The van der Waals surface area contributed by atoms with Crippen molar-refractivity contribution in [2.75, 3.05) is 6.54 Å². The molecule has 0 saturated carbocycles. The maximum atomic E-state index is 8.85. The van der Waals surface area contributed by atoms with Crippen LogP contribution in [0.4, 0.5) is 0 Å². The van der Waals surface area contributed by atoms with Crippen LogP contribution in [0.3, 0.4) is 0 Å². The van der Waals surface area contributed by atoms with E-state index in [0.29, 0.717) is 12.4 Å². The molecule has 11 heavy (non-hydrogen) atoms. The number of aliphatic hydroxyl groups is 1. The van der Waals surface area contributed by atoms with Crippen LogP contribution in [0, 0.1) is 5.41 Å². The number of hydroxylamine groups is 1. The van der Waals surface area contributed by atoms with E-state index in [2.05, 4.69) is 15.3 Å². The molecule has 1 heterocycles. The van der Waals surface area contributed by atoms with Crippen LogP contribution in [0.2, 0.25) is 0 Å². The van der Waals surface area contributed by atoms with Gasteiger partial charge in [0.2, 0.25) is 0 Å². The lowest BCUT2D eigenvalue weighted by Gasteiger charge is -2.20. The summed E-state index contributed by atoms with van der Waals surface area (Å²) < 4.78 is 0. The quantitative estimate of drug-likeness (QED) is 0.492. The van der Waals surface area contributed by atoms with Crippen molar-refractivity contribution < 1.29 is 9.94 Å². The second kappa shape index (κ2) is 2.77. The molecule has 0 radical (unpaired) electrons. The van der Waals surface area contributed by atoms with E-state index in [-0.39, 0.29) is 5.41 Å². The molecule has 1 unspecified atom stereocenters. The lowest BCUT2D eigenvalue weighted by Crippen LogP contribution is -2.38. The average Bonchev–Trinajstić information content (AvgIpc) is 2.36. The van der Waals surface area contributed by atoms with Crippen molar-refractivity contribution in [3.63, 3.8) is 0 Å². The Labute approximate surface area is 65.2 Å². The number of aliphatic imine (C=N–C) groups is 1. The summed E-state index contributed by atoms with van der Waals surface area (Å²) in [7, 11) is 0. The summed E-state index contributed by atoms with van der Waals surface area (Å²) >= 11 is 0. The second-order valence-corrected chi connectivity index (χ2v) is 3.11. The van der Waals surface area contributed by atoms with Gasteiger partial charge < -0.3 is 10.8 Å². The molecule has 4 N–H and O–H groups in total. The first-order valence-electron chi connectivity index (χ1n) is 3.44. The minimum Gasteiger partial charge on any atom is -0.348 e. The van der Waals surface area contributed by atoms with E-state index >= 15 is 0 Å². The largest absolute Gasteiger partial charge is 0.348 e. The highest BCUT2D eigenvalue weighted by Crippen LogP contribution is 2.17. The molecule has 0 amide bonds. The summed E-state index contributed by atoms with van der Waals surface area (Å²) in [5.74, 6) is 0.590. The van der Waals surface area contributed by atoms with Crippen molar-refractivity contribution in [3.8, 4) is 0 Å². The predicted octanol–water partition coefficient (Wildman–Crippen LogP) is -0.819. The molecule has 0 aliphatic carbocycles. The Hall–Kier alpha value is -0.650. The minimum atomic E-state index is -1.09. The molecule has 0 saturated heterocycles. The summed E-state index contributed by atoms with van der Waals surface area (Å²) in [6, 6.07) is 0. The van der Waals surface area contributed by atoms with Gasteiger partial charge in [-0.05, 0) is 0 Å². The average molecular weight is 159 g/mol. The molecule has 0 spiro atoms. The maximum Gasteiger partial charge on any atom is 0.280 e. The van der Waals surface area contributed by atoms with Crippen molar-refractivity contribution in [2.45, 2.75) is 20.3 Å². The van der Waals surface area contributed by atoms with Crippen LogP contribution < -0.4 is 11.2 Å². The fourth-order valence-electron chi connectivity index (χ4n) is 0.681. The molecule has 0 aromatic rings. The fraction of sp³-hybridized carbons (Fsp3) is 0.833. The molecule has 0 aromatic carbocycles. The Morgan fingerprint density at radius 3 is 2.82 bits per heavy atom. The first-order valence-corrected chi connectivity index (χ1v) is 3.44. The number of nitrogens with two attached hydrogens (primary N) is 1. The predicted molar refractivity (Wildman–Crippen MR) is 40.5 cm³/mol. The summed E-state index contributed by atoms with van der Waals surface area (Å²) in [6.07, 6.45) is -1.09. The number of hydrogen-bond donors (Lipinski definition) is 3. The van der Waals surface area contributed by atoms with Crippen molar-refractivity contribution in [2.24, 2.45) is 16.1 Å². The Bertz CT molecular complexity index is 179. The highest BCUT2D eigenvalue weighted by atomic mass is 16.7. The second-order valence-electron chi connectivity index (χ2n) is 3.11. The molecular formula is C6H13N3O2. The number of nitrogens with zero attached hydrogens (tertiary/aromatic N) is 1. The van der Waals surface area contributed by atoms with Crippen LogP contribution in [0.1, 0.15) is 13.8 Å². The van der Waals surface area contributed by atoms with E-state index in [1.807, 2.05) is 13.8 Å². The van der Waals surface area contributed by atoms with Gasteiger partial charge in [-0.15, -0.1) is 0 Å². The SMILES string of the molecule is CC(C)(CN)C1=NC(O)ON1. The van der Waals surface area contributed by atoms with Gasteiger partial charge in [-0.25, -0.2) is 15.3 Å². The van der Waals surface area contributed by atoms with Gasteiger partial charge in [0, 0.05) is 12.0 Å². The summed E-state index contributed by atoms with van der Waals surface area (Å²) in [5.41, 5.74) is 7.72. The number of amidine groups is 1. The van der Waals surface area contributed by atoms with Crippen molar-refractivity contribution in [1.29, 1.82) is 0 Å². The van der Waals surface area contributed by atoms with Gasteiger partial charge in [-0.2, -0.15) is 0 Å². The Morgan fingerprint density at radius 1 is 1.82 bits per heavy atom. The summed E-state index contributed by atoms with van der Waals surface area (Å²) in [6.45, 7) is 4.29. The zero-order chi connectivity index (χ0) is 8.48. The van der Waals surface area contributed by atoms with Crippen LogP contribution in [-0.2, 0) is 4.84 Å². The molecule has 1 rings (SSSR count). The molecular weight excluding hydrogens is 146 g/mol. The van der Waals surface area contributed by atoms with Gasteiger partial charge in [0.15, 0.2) is 0 Å². The molecule has 1 aliphatic rings. The van der Waals surface area contributed by atoms with Gasteiger partial charge in [-0.1, -0.05) is 13.8 Å². The monoisotopic (exact) mass is 159 g/mol. The molecule has 0 aromatic heterocycles. The number of rotatable bonds is 2. The van der Waals surface area contributed by atoms with E-state index in [1.54, 1.807) is 0 Å². The standard InChI is InChI=1S/C6H13N3O2/c1-6(2,3-7)4-8-5(10)11-9-4/h5,10H,3,7H2,1-2H3,(H,8,9). The van der Waals surface area contributed by atoms with Crippen molar-refractivity contribution in [1.82, 2.24) is 5.48 Å². The van der Waals surface area contributed by atoms with Crippen molar-refractivity contribution >= 4 is 5.84 Å². The minimum absolute atomic E-state index is 0.266. The van der Waals surface area contributed by atoms with Gasteiger partial charge in [0.25, 0.3) is 6.41 Å². The topological polar surface area (TPSA) is 79.9 Å². The lowest BCUT2D eigenvalue weighted by atomic mass is 9.92. The van der Waals surface area contributed by atoms with Gasteiger partial charge in [0.05, 0.1) is 0 Å². The smallest absolute Gasteiger partial charge is 0.280 e. The molecule has 64 valence electrons. The van der Waals surface area contributed by atoms with Crippen LogP contribution in [0.15, 0.2) is 4.99 Å². The Balaban J connectivity index is 2.68. The van der Waals surface area contributed by atoms with E-state index in [4.69, 9.17) is 10.8 Å². The number of aliphatic hydroxyl groups excluding tert-OH is 1. The van der Waals surface area contributed by atoms with Crippen molar-refractivity contribution in [3.05, 3.63) is 0 Å². The summed E-state index contributed by atoms with van der Waals surface area (Å²) in [5, 5.41) is 8.85. The van der Waals surface area contributed by atoms with Gasteiger partial charge >= 0.3 is 0 Å². The first-order chi connectivity index (χ1) is 5.06. The van der Waals surface area contributed by atoms with Gasteiger partial charge in [0.1, 0.15) is 5.84 Å². The van der Waals surface area contributed by atoms with Gasteiger partial charge in [-0.3, -0.25) is 0 Å². The van der Waals surface area contributed by atoms with E-state index in [9.17, 15) is 0 Å². The maximum absolute atomic E-state index is 8.85. The third-order valence-electron chi connectivity index (χ3n) is 1.65. The molecule has 5 heteroatoms. The fourth-order valence-corrected chi connectivity index (χ4v) is 0.681. The molecule has 1 aliphatic heterocycles. The molecule has 0 bridgehead atoms. The highest BCUT2D eigenvalue weighted by molar-refractivity contribution is 5.87. The zero-order valence-electron chi connectivity index (χ0n) is 6.66. The Morgan fingerprint density at radius 2 is 2.45 bits per heavy atom. The number of nitrogens with one attached hydrogen (secondary N) is 1. The third-order valence-corrected chi connectivity index (χ3v) is 1.65. The zero-order valence-corrected chi connectivity index (χ0v) is 6.66. The normalized spacial score (nSPS) is 24.7. The molecule has 0 fully saturated rings.